The number of methoxy groups -OCH3 is 1. The molecule has 15 heavy (non-hydrogen) atoms. The van der Waals surface area contributed by atoms with Crippen LogP contribution in [0, 0.1) is 0 Å². The van der Waals surface area contributed by atoms with E-state index in [-0.39, 0.29) is 0 Å². The molecule has 1 unspecified atom stereocenters. The van der Waals surface area contributed by atoms with Crippen molar-refractivity contribution in [3.63, 3.8) is 0 Å². The highest BCUT2D eigenvalue weighted by molar-refractivity contribution is 4.75. The van der Waals surface area contributed by atoms with Crippen molar-refractivity contribution in [3.8, 4) is 0 Å². The molecule has 1 aliphatic rings. The van der Waals surface area contributed by atoms with Crippen LogP contribution in [0.4, 0.5) is 8.78 Å². The number of likely N-dealkylation sites (N-methyl/N-ethyl adjacent to an activating group) is 1. The van der Waals surface area contributed by atoms with Gasteiger partial charge in [-0.25, -0.2) is 8.78 Å². The fourth-order valence-electron chi connectivity index (χ4n) is 1.38. The van der Waals surface area contributed by atoms with Crippen LogP contribution in [0.2, 0.25) is 0 Å². The number of nitrogens with zero attached hydrogens (tertiary/aromatic N) is 1. The van der Waals surface area contributed by atoms with Crippen molar-refractivity contribution in [2.24, 2.45) is 0 Å². The predicted molar refractivity (Wildman–Crippen MR) is 60.6 cm³/mol. The number of hydrogen-bond acceptors (Lipinski definition) is 2. The molecule has 0 N–H and O–H groups in total. The van der Waals surface area contributed by atoms with Crippen LogP contribution in [0.3, 0.4) is 0 Å². The molecule has 94 valence electrons. The third-order valence-electron chi connectivity index (χ3n) is 2.03. The summed E-state index contributed by atoms with van der Waals surface area (Å²) in [5, 5.41) is 0. The monoisotopic (exact) mass is 225 g/mol. The highest BCUT2D eigenvalue weighted by atomic mass is 19.3. The average molecular weight is 225 g/mol. The maximum atomic E-state index is 10.3. The van der Waals surface area contributed by atoms with Crippen LogP contribution < -0.4 is 0 Å². The molecule has 0 radical (unpaired) electrons. The van der Waals surface area contributed by atoms with Gasteiger partial charge >= 0.3 is 0 Å². The van der Waals surface area contributed by atoms with E-state index in [4.69, 9.17) is 4.74 Å². The van der Waals surface area contributed by atoms with Gasteiger partial charge in [-0.3, -0.25) is 0 Å². The molecule has 1 saturated heterocycles. The maximum Gasteiger partial charge on any atom is 0.235 e. The van der Waals surface area contributed by atoms with Gasteiger partial charge in [0.2, 0.25) is 6.43 Å². The summed E-state index contributed by atoms with van der Waals surface area (Å²) < 4.78 is 25.7. The first-order valence-corrected chi connectivity index (χ1v) is 5.55. The molecule has 0 aromatic carbocycles. The van der Waals surface area contributed by atoms with Gasteiger partial charge in [-0.1, -0.05) is 13.8 Å². The van der Waals surface area contributed by atoms with Gasteiger partial charge in [-0.15, -0.1) is 0 Å². The molecule has 0 bridgehead atoms. The molecule has 0 saturated carbocycles. The summed E-state index contributed by atoms with van der Waals surface area (Å²) in [6.07, 6.45) is 0.481. The molecule has 1 fully saturated rings. The number of ether oxygens (including phenoxy) is 1. The molecule has 1 heterocycles. The Morgan fingerprint density at radius 2 is 1.87 bits per heavy atom. The summed E-state index contributed by atoms with van der Waals surface area (Å²) in [5.74, 6) is 0. The first-order valence-electron chi connectivity index (χ1n) is 5.55. The minimum absolute atomic E-state index is 0.690. The van der Waals surface area contributed by atoms with Crippen molar-refractivity contribution >= 4 is 0 Å². The number of rotatable bonds is 2. The van der Waals surface area contributed by atoms with Gasteiger partial charge in [-0.2, -0.15) is 0 Å². The van der Waals surface area contributed by atoms with Crippen LogP contribution >= 0.6 is 0 Å². The topological polar surface area (TPSA) is 12.5 Å². The number of likely N-dealkylation sites (tertiary alicyclic amines) is 1. The molecule has 0 aliphatic carbocycles. The highest BCUT2D eigenvalue weighted by Gasteiger charge is 2.19. The SMILES string of the molecule is CC.CC(F)F.COCC1CCCN1C. The summed E-state index contributed by atoms with van der Waals surface area (Å²) in [5.41, 5.74) is 0. The van der Waals surface area contributed by atoms with Crippen LogP contribution in [-0.4, -0.2) is 44.7 Å². The largest absolute Gasteiger partial charge is 0.383 e. The molecule has 0 aromatic rings. The molecule has 1 rings (SSSR count). The average Bonchev–Trinajstić information content (AvgIpc) is 2.55. The molecule has 2 nitrogen and oxygen atoms in total. The third-order valence-corrected chi connectivity index (χ3v) is 2.03. The summed E-state index contributed by atoms with van der Waals surface area (Å²) >= 11 is 0. The first-order chi connectivity index (χ1) is 7.07. The zero-order valence-corrected chi connectivity index (χ0v) is 10.6. The van der Waals surface area contributed by atoms with Gasteiger partial charge in [0.1, 0.15) is 0 Å². The van der Waals surface area contributed by atoms with Crippen LogP contribution in [0.15, 0.2) is 0 Å². The Bertz CT molecular complexity index is 120. The molecule has 0 spiro atoms. The van der Waals surface area contributed by atoms with E-state index in [1.54, 1.807) is 7.11 Å². The standard InChI is InChI=1S/C7H15NO.C2H4F2.C2H6/c1-8-5-3-4-7(8)6-9-2;1-2(3)4;1-2/h7H,3-6H2,1-2H3;2H,1H3;1-2H3. The lowest BCUT2D eigenvalue weighted by Gasteiger charge is -2.17. The quantitative estimate of drug-likeness (QED) is 0.716. The van der Waals surface area contributed by atoms with Crippen molar-refractivity contribution in [2.75, 3.05) is 27.3 Å². The second kappa shape index (κ2) is 11.9. The van der Waals surface area contributed by atoms with Gasteiger partial charge in [0.05, 0.1) is 6.61 Å². The molecule has 1 atom stereocenters. The summed E-state index contributed by atoms with van der Waals surface area (Å²) in [4.78, 5) is 2.36. The minimum atomic E-state index is -2.17. The van der Waals surface area contributed by atoms with E-state index >= 15 is 0 Å². The Hall–Kier alpha value is -0.220. The van der Waals surface area contributed by atoms with Crippen molar-refractivity contribution in [1.29, 1.82) is 0 Å². The van der Waals surface area contributed by atoms with E-state index in [1.807, 2.05) is 13.8 Å². The Labute approximate surface area is 92.6 Å². The van der Waals surface area contributed by atoms with Gasteiger partial charge in [0, 0.05) is 13.2 Å². The second-order valence-corrected chi connectivity index (χ2v) is 3.25. The van der Waals surface area contributed by atoms with Gasteiger partial charge in [0.15, 0.2) is 0 Å². The molecular formula is C11H25F2NO. The zero-order valence-electron chi connectivity index (χ0n) is 10.6. The Morgan fingerprint density at radius 3 is 2.13 bits per heavy atom. The van der Waals surface area contributed by atoms with E-state index in [0.717, 1.165) is 13.5 Å². The van der Waals surface area contributed by atoms with Gasteiger partial charge < -0.3 is 9.64 Å². The van der Waals surface area contributed by atoms with E-state index < -0.39 is 6.43 Å². The Morgan fingerprint density at radius 1 is 1.40 bits per heavy atom. The second-order valence-electron chi connectivity index (χ2n) is 3.25. The summed E-state index contributed by atoms with van der Waals surface area (Å²) in [7, 11) is 3.93. The molecule has 1 aliphatic heterocycles. The molecule has 0 amide bonds. The van der Waals surface area contributed by atoms with E-state index in [9.17, 15) is 8.78 Å². The van der Waals surface area contributed by atoms with E-state index in [2.05, 4.69) is 11.9 Å². The highest BCUT2D eigenvalue weighted by Crippen LogP contribution is 2.13. The van der Waals surface area contributed by atoms with Crippen molar-refractivity contribution in [1.82, 2.24) is 4.90 Å². The molecule has 4 heteroatoms. The first kappa shape index (κ1) is 17.2. The number of hydrogen-bond donors (Lipinski definition) is 0. The van der Waals surface area contributed by atoms with E-state index in [0.29, 0.717) is 6.04 Å². The van der Waals surface area contributed by atoms with Crippen molar-refractivity contribution in [3.05, 3.63) is 0 Å². The number of alkyl halides is 2. The van der Waals surface area contributed by atoms with E-state index in [1.165, 1.54) is 19.4 Å². The lowest BCUT2D eigenvalue weighted by atomic mass is 10.2. The maximum absolute atomic E-state index is 10.3. The van der Waals surface area contributed by atoms with Crippen LogP contribution in [-0.2, 0) is 4.74 Å². The zero-order chi connectivity index (χ0) is 12.3. The van der Waals surface area contributed by atoms with Crippen molar-refractivity contribution < 1.29 is 13.5 Å². The van der Waals surface area contributed by atoms with Crippen LogP contribution in [0.25, 0.3) is 0 Å². The molecule has 0 aromatic heterocycles. The smallest absolute Gasteiger partial charge is 0.235 e. The lowest BCUT2D eigenvalue weighted by molar-refractivity contribution is 0.129. The van der Waals surface area contributed by atoms with Gasteiger partial charge in [-0.05, 0) is 33.4 Å². The minimum Gasteiger partial charge on any atom is -0.383 e. The predicted octanol–water partition coefficient (Wildman–Crippen LogP) is 3.02. The fraction of sp³-hybridized carbons (Fsp3) is 1.00. The van der Waals surface area contributed by atoms with Crippen LogP contribution in [0.1, 0.15) is 33.6 Å². The molecular weight excluding hydrogens is 200 g/mol. The van der Waals surface area contributed by atoms with Crippen molar-refractivity contribution in [2.45, 2.75) is 46.1 Å². The van der Waals surface area contributed by atoms with Crippen LogP contribution in [0.5, 0.6) is 0 Å². The third kappa shape index (κ3) is 11.7. The Balaban J connectivity index is 0. The summed E-state index contributed by atoms with van der Waals surface area (Å²) in [6.45, 7) is 6.98. The number of halogens is 2. The Kier molecular flexibility index (Phi) is 13.6. The summed E-state index contributed by atoms with van der Waals surface area (Å²) in [6, 6.07) is 0.690. The normalized spacial score (nSPS) is 20.4. The fourth-order valence-corrected chi connectivity index (χ4v) is 1.38. The lowest BCUT2D eigenvalue weighted by Crippen LogP contribution is -2.28. The van der Waals surface area contributed by atoms with Gasteiger partial charge in [0.25, 0.3) is 0 Å².